The van der Waals surface area contributed by atoms with Gasteiger partial charge in [-0.1, -0.05) is 30.3 Å². The van der Waals surface area contributed by atoms with Crippen LogP contribution in [0.4, 0.5) is 4.39 Å². The van der Waals surface area contributed by atoms with E-state index in [1.807, 2.05) is 0 Å². The summed E-state index contributed by atoms with van der Waals surface area (Å²) in [6.45, 7) is 3.49. The minimum absolute atomic E-state index is 0.125. The number of amides is 1. The van der Waals surface area contributed by atoms with E-state index in [0.717, 1.165) is 0 Å². The Hall–Kier alpha value is -2.11. The van der Waals surface area contributed by atoms with Crippen molar-refractivity contribution in [3.8, 4) is 0 Å². The highest BCUT2D eigenvalue weighted by atomic mass is 19.1. The van der Waals surface area contributed by atoms with Crippen molar-refractivity contribution in [2.75, 3.05) is 7.05 Å². The van der Waals surface area contributed by atoms with Crippen molar-refractivity contribution in [3.05, 3.63) is 35.6 Å². The molecule has 0 fully saturated rings. The summed E-state index contributed by atoms with van der Waals surface area (Å²) < 4.78 is 13.6. The maximum atomic E-state index is 13.6. The molecule has 0 heterocycles. The second kappa shape index (κ2) is 6.36. The van der Waals surface area contributed by atoms with E-state index in [9.17, 15) is 9.18 Å². The Balaban J connectivity index is 2.94. The lowest BCUT2D eigenvalue weighted by molar-refractivity contribution is -0.137. The van der Waals surface area contributed by atoms with Crippen LogP contribution in [0.2, 0.25) is 0 Å². The van der Waals surface area contributed by atoms with Gasteiger partial charge in [0.1, 0.15) is 11.2 Å². The first-order valence-corrected chi connectivity index (χ1v) is 6.33. The number of amidine groups is 1. The van der Waals surface area contributed by atoms with E-state index in [1.54, 1.807) is 39.1 Å². The quantitative estimate of drug-likeness (QED) is 0.375. The molecule has 1 aromatic carbocycles. The topological polar surface area (TPSA) is 78.9 Å². The van der Waals surface area contributed by atoms with Gasteiger partial charge in [-0.25, -0.2) is 4.39 Å². The molecule has 1 rings (SSSR count). The number of benzene rings is 1. The van der Waals surface area contributed by atoms with Crippen molar-refractivity contribution >= 4 is 11.7 Å². The fourth-order valence-electron chi connectivity index (χ4n) is 1.93. The fraction of sp³-hybridized carbons (Fsp3) is 0.429. The van der Waals surface area contributed by atoms with Crippen LogP contribution in [0.1, 0.15) is 25.8 Å². The van der Waals surface area contributed by atoms with Gasteiger partial charge in [-0.2, -0.15) is 0 Å². The number of carbonyl (C=O) groups is 1. The molecule has 0 aliphatic rings. The Morgan fingerprint density at radius 3 is 2.60 bits per heavy atom. The summed E-state index contributed by atoms with van der Waals surface area (Å²) in [5, 5.41) is 11.7. The molecular weight excluding hydrogens is 261 g/mol. The maximum absolute atomic E-state index is 13.6. The maximum Gasteiger partial charge on any atom is 0.236 e. The van der Waals surface area contributed by atoms with Crippen LogP contribution in [0.15, 0.2) is 29.4 Å². The van der Waals surface area contributed by atoms with E-state index in [0.29, 0.717) is 12.0 Å². The molecule has 110 valence electrons. The van der Waals surface area contributed by atoms with Gasteiger partial charge in [0, 0.05) is 19.2 Å². The second-order valence-corrected chi connectivity index (χ2v) is 4.92. The van der Waals surface area contributed by atoms with Crippen molar-refractivity contribution < 1.29 is 14.4 Å². The average Bonchev–Trinajstić information content (AvgIpc) is 2.46. The Bertz CT molecular complexity index is 519. The zero-order chi connectivity index (χ0) is 15.3. The standard InChI is InChI=1S/C14H20FN3O2/c1-4-14(2,12(16)17-20)13(19)18(3)9-10-7-5-6-8-11(10)15/h5-8,20H,4,9H2,1-3H3,(H2,16,17). The normalized spacial score (nSPS) is 14.7. The molecule has 0 saturated carbocycles. The van der Waals surface area contributed by atoms with Gasteiger partial charge in [0.15, 0.2) is 5.84 Å². The summed E-state index contributed by atoms with van der Waals surface area (Å²) in [6, 6.07) is 6.26. The average molecular weight is 281 g/mol. The van der Waals surface area contributed by atoms with Crippen LogP contribution in [-0.4, -0.2) is 28.9 Å². The van der Waals surface area contributed by atoms with Crippen LogP contribution in [-0.2, 0) is 11.3 Å². The van der Waals surface area contributed by atoms with Gasteiger partial charge in [-0.05, 0) is 19.4 Å². The molecule has 0 aliphatic heterocycles. The first-order chi connectivity index (χ1) is 9.36. The third kappa shape index (κ3) is 3.07. The number of rotatable bonds is 5. The summed E-state index contributed by atoms with van der Waals surface area (Å²) in [6.07, 6.45) is 0.378. The van der Waals surface area contributed by atoms with E-state index in [1.165, 1.54) is 11.0 Å². The molecular formula is C14H20FN3O2. The molecule has 1 amide bonds. The van der Waals surface area contributed by atoms with Gasteiger partial charge in [0.2, 0.25) is 5.91 Å². The van der Waals surface area contributed by atoms with E-state index in [-0.39, 0.29) is 24.1 Å². The molecule has 5 nitrogen and oxygen atoms in total. The number of nitrogens with zero attached hydrogens (tertiary/aromatic N) is 2. The molecule has 0 aromatic heterocycles. The van der Waals surface area contributed by atoms with Gasteiger partial charge >= 0.3 is 0 Å². The van der Waals surface area contributed by atoms with Crippen molar-refractivity contribution in [1.29, 1.82) is 0 Å². The lowest BCUT2D eigenvalue weighted by Gasteiger charge is -2.30. The van der Waals surface area contributed by atoms with Gasteiger partial charge < -0.3 is 15.8 Å². The molecule has 1 atom stereocenters. The highest BCUT2D eigenvalue weighted by Gasteiger charge is 2.38. The predicted octanol–water partition coefficient (Wildman–Crippen LogP) is 1.95. The fourth-order valence-corrected chi connectivity index (χ4v) is 1.93. The van der Waals surface area contributed by atoms with Crippen LogP contribution in [0, 0.1) is 11.2 Å². The number of hydrogen-bond acceptors (Lipinski definition) is 3. The highest BCUT2D eigenvalue weighted by Crippen LogP contribution is 2.25. The molecule has 3 N–H and O–H groups in total. The highest BCUT2D eigenvalue weighted by molar-refractivity contribution is 6.06. The summed E-state index contributed by atoms with van der Waals surface area (Å²) >= 11 is 0. The number of hydrogen-bond donors (Lipinski definition) is 2. The number of oxime groups is 1. The molecule has 6 heteroatoms. The summed E-state index contributed by atoms with van der Waals surface area (Å²) in [4.78, 5) is 13.8. The summed E-state index contributed by atoms with van der Waals surface area (Å²) in [5.41, 5.74) is 4.92. The van der Waals surface area contributed by atoms with E-state index in [4.69, 9.17) is 10.9 Å². The van der Waals surface area contributed by atoms with Crippen LogP contribution < -0.4 is 5.73 Å². The Morgan fingerprint density at radius 1 is 1.50 bits per heavy atom. The molecule has 0 saturated heterocycles. The Morgan fingerprint density at radius 2 is 2.10 bits per heavy atom. The van der Waals surface area contributed by atoms with Gasteiger partial charge in [0.05, 0.1) is 0 Å². The molecule has 0 radical (unpaired) electrons. The van der Waals surface area contributed by atoms with Gasteiger partial charge in [-0.3, -0.25) is 4.79 Å². The minimum atomic E-state index is -1.10. The van der Waals surface area contributed by atoms with Crippen LogP contribution >= 0.6 is 0 Å². The zero-order valence-electron chi connectivity index (χ0n) is 11.9. The second-order valence-electron chi connectivity index (χ2n) is 4.92. The third-order valence-corrected chi connectivity index (χ3v) is 3.56. The number of halogens is 1. The van der Waals surface area contributed by atoms with Crippen molar-refractivity contribution in [3.63, 3.8) is 0 Å². The van der Waals surface area contributed by atoms with Crippen LogP contribution in [0.25, 0.3) is 0 Å². The largest absolute Gasteiger partial charge is 0.409 e. The third-order valence-electron chi connectivity index (χ3n) is 3.56. The molecule has 1 aromatic rings. The van der Waals surface area contributed by atoms with Crippen molar-refractivity contribution in [1.82, 2.24) is 4.90 Å². The summed E-state index contributed by atoms with van der Waals surface area (Å²) in [5.74, 6) is -0.835. The smallest absolute Gasteiger partial charge is 0.236 e. The summed E-state index contributed by atoms with van der Waals surface area (Å²) in [7, 11) is 1.56. The van der Waals surface area contributed by atoms with Crippen LogP contribution in [0.3, 0.4) is 0 Å². The Kier molecular flexibility index (Phi) is 5.07. The van der Waals surface area contributed by atoms with E-state index >= 15 is 0 Å². The molecule has 1 unspecified atom stereocenters. The lowest BCUT2D eigenvalue weighted by atomic mass is 9.84. The molecule has 0 bridgehead atoms. The van der Waals surface area contributed by atoms with Gasteiger partial charge in [-0.15, -0.1) is 0 Å². The SMILES string of the molecule is CCC(C)(C(=O)N(C)Cc1ccccc1F)/C(N)=N/O. The molecule has 20 heavy (non-hydrogen) atoms. The first-order valence-electron chi connectivity index (χ1n) is 6.33. The molecule has 0 aliphatic carbocycles. The van der Waals surface area contributed by atoms with Crippen molar-refractivity contribution in [2.24, 2.45) is 16.3 Å². The van der Waals surface area contributed by atoms with Crippen molar-refractivity contribution in [2.45, 2.75) is 26.8 Å². The van der Waals surface area contributed by atoms with Gasteiger partial charge in [0.25, 0.3) is 0 Å². The first kappa shape index (κ1) is 15.9. The van der Waals surface area contributed by atoms with E-state index < -0.39 is 5.41 Å². The minimum Gasteiger partial charge on any atom is -0.409 e. The lowest BCUT2D eigenvalue weighted by Crippen LogP contribution is -2.48. The molecule has 0 spiro atoms. The van der Waals surface area contributed by atoms with Crippen LogP contribution in [0.5, 0.6) is 0 Å². The zero-order valence-corrected chi connectivity index (χ0v) is 11.9. The Labute approximate surface area is 117 Å². The predicted molar refractivity (Wildman–Crippen MR) is 74.7 cm³/mol. The monoisotopic (exact) mass is 281 g/mol. The van der Waals surface area contributed by atoms with E-state index in [2.05, 4.69) is 5.16 Å². The number of carbonyl (C=O) groups excluding carboxylic acids is 1. The number of nitrogens with two attached hydrogens (primary N) is 1.